The number of rotatable bonds is 6. The topological polar surface area (TPSA) is 76.0 Å². The van der Waals surface area contributed by atoms with Gasteiger partial charge in [0.05, 0.1) is 6.10 Å². The summed E-state index contributed by atoms with van der Waals surface area (Å²) in [4.78, 5) is 13.8. The summed E-state index contributed by atoms with van der Waals surface area (Å²) in [7, 11) is 1.62. The summed E-state index contributed by atoms with van der Waals surface area (Å²) in [5.41, 5.74) is -0.830. The molecule has 0 saturated heterocycles. The molecule has 162 valence electrons. The molecule has 3 aliphatic rings. The van der Waals surface area contributed by atoms with Crippen molar-refractivity contribution in [2.24, 2.45) is 39.9 Å². The largest absolute Gasteiger partial charge is 0.396 e. The van der Waals surface area contributed by atoms with E-state index in [-0.39, 0.29) is 60.6 Å². The van der Waals surface area contributed by atoms with Crippen molar-refractivity contribution in [3.05, 3.63) is 0 Å². The molecule has 2 bridgehead atoms. The Balaban J connectivity index is 2.20. The first kappa shape index (κ1) is 22.2. The van der Waals surface area contributed by atoms with Gasteiger partial charge < -0.3 is 19.7 Å². The molecular weight excluding hydrogens is 356 g/mol. The Morgan fingerprint density at radius 2 is 1.82 bits per heavy atom. The van der Waals surface area contributed by atoms with Crippen LogP contribution in [0, 0.1) is 39.9 Å². The molecule has 3 saturated carbocycles. The monoisotopic (exact) mass is 396 g/mol. The van der Waals surface area contributed by atoms with Crippen molar-refractivity contribution >= 4 is 5.78 Å². The molecule has 0 aromatic heterocycles. The third kappa shape index (κ3) is 3.00. The molecule has 1 unspecified atom stereocenters. The van der Waals surface area contributed by atoms with E-state index in [0.717, 1.165) is 32.1 Å². The lowest BCUT2D eigenvalue weighted by Crippen LogP contribution is -2.63. The molecule has 5 nitrogen and oxygen atoms in total. The van der Waals surface area contributed by atoms with Crippen LogP contribution in [-0.2, 0) is 14.3 Å². The highest BCUT2D eigenvalue weighted by Crippen LogP contribution is 2.69. The molecule has 0 aromatic rings. The summed E-state index contributed by atoms with van der Waals surface area (Å²) < 4.78 is 11.6. The second-order valence-corrected chi connectivity index (χ2v) is 10.2. The van der Waals surface area contributed by atoms with E-state index < -0.39 is 5.41 Å². The summed E-state index contributed by atoms with van der Waals surface area (Å²) in [6, 6.07) is 0. The van der Waals surface area contributed by atoms with Gasteiger partial charge in [0.25, 0.3) is 0 Å². The lowest BCUT2D eigenvalue weighted by atomic mass is 9.43. The number of ether oxygens (including phenoxy) is 2. The highest BCUT2D eigenvalue weighted by atomic mass is 16.7. The minimum atomic E-state index is -0.439. The summed E-state index contributed by atoms with van der Waals surface area (Å²) in [5.74, 6) is 0.781. The molecule has 0 heterocycles. The fraction of sp³-hybridized carbons (Fsp3) is 0.957. The molecule has 0 amide bonds. The van der Waals surface area contributed by atoms with Gasteiger partial charge in [-0.1, -0.05) is 27.7 Å². The number of Topliss-reactive ketones (excluding diaryl/α,β-unsaturated/α-hetero) is 1. The van der Waals surface area contributed by atoms with Crippen LogP contribution in [0.3, 0.4) is 0 Å². The van der Waals surface area contributed by atoms with Crippen molar-refractivity contribution in [2.75, 3.05) is 27.1 Å². The first-order valence-electron chi connectivity index (χ1n) is 11.1. The van der Waals surface area contributed by atoms with E-state index in [2.05, 4.69) is 27.7 Å². The third-order valence-corrected chi connectivity index (χ3v) is 9.38. The van der Waals surface area contributed by atoms with Crippen LogP contribution in [0.4, 0.5) is 0 Å². The predicted molar refractivity (Wildman–Crippen MR) is 108 cm³/mol. The number of methoxy groups -OCH3 is 1. The third-order valence-electron chi connectivity index (χ3n) is 9.38. The van der Waals surface area contributed by atoms with Crippen molar-refractivity contribution < 1.29 is 24.5 Å². The number of aliphatic hydroxyl groups excluding tert-OH is 2. The number of hydrogen-bond acceptors (Lipinski definition) is 5. The van der Waals surface area contributed by atoms with Gasteiger partial charge in [0.2, 0.25) is 0 Å². The average Bonchev–Trinajstić information content (AvgIpc) is 3.10. The number of aliphatic hydroxyl groups is 2. The van der Waals surface area contributed by atoms with Crippen LogP contribution >= 0.6 is 0 Å². The van der Waals surface area contributed by atoms with Crippen LogP contribution in [-0.4, -0.2) is 49.2 Å². The summed E-state index contributed by atoms with van der Waals surface area (Å²) in [5, 5.41) is 20.6. The molecule has 28 heavy (non-hydrogen) atoms. The highest BCUT2D eigenvalue weighted by molar-refractivity contribution is 5.87. The lowest BCUT2D eigenvalue weighted by molar-refractivity contribution is -0.220. The molecule has 0 aromatic carbocycles. The summed E-state index contributed by atoms with van der Waals surface area (Å²) >= 11 is 0. The van der Waals surface area contributed by atoms with Gasteiger partial charge in [-0.25, -0.2) is 0 Å². The zero-order valence-electron chi connectivity index (χ0n) is 18.4. The molecule has 8 atom stereocenters. The minimum absolute atomic E-state index is 0.0265. The standard InChI is InChI=1S/C23H40O5/c1-6-21(3)11-18(28-14-27-5)22(4)17(13-25)8-10-23(15(2)20(21)26)9-7-16(12-24)19(22)23/h15-19,24-25H,6-14H2,1-5H3/t15-,16+,17+,18-,19?,21-,22+,23-/m1/s1. The van der Waals surface area contributed by atoms with Crippen molar-refractivity contribution in [1.82, 2.24) is 0 Å². The van der Waals surface area contributed by atoms with Crippen LogP contribution in [0.25, 0.3) is 0 Å². The maximum absolute atomic E-state index is 13.8. The van der Waals surface area contributed by atoms with Gasteiger partial charge in [0.15, 0.2) is 0 Å². The molecule has 0 aliphatic heterocycles. The minimum Gasteiger partial charge on any atom is -0.396 e. The maximum Gasteiger partial charge on any atom is 0.146 e. The molecule has 5 heteroatoms. The van der Waals surface area contributed by atoms with Gasteiger partial charge in [-0.2, -0.15) is 0 Å². The van der Waals surface area contributed by atoms with Gasteiger partial charge in [-0.3, -0.25) is 4.79 Å². The zero-order chi connectivity index (χ0) is 20.7. The molecular formula is C23H40O5. The Hall–Kier alpha value is -0.490. The molecule has 3 fully saturated rings. The second kappa shape index (κ2) is 7.98. The lowest BCUT2D eigenvalue weighted by Gasteiger charge is -2.62. The van der Waals surface area contributed by atoms with E-state index in [4.69, 9.17) is 9.47 Å². The molecule has 0 radical (unpaired) electrons. The van der Waals surface area contributed by atoms with Gasteiger partial charge in [0, 0.05) is 37.1 Å². The molecule has 3 aliphatic carbocycles. The van der Waals surface area contributed by atoms with E-state index in [0.29, 0.717) is 12.2 Å². The van der Waals surface area contributed by atoms with Crippen molar-refractivity contribution in [2.45, 2.75) is 72.3 Å². The Bertz CT molecular complexity index is 579. The van der Waals surface area contributed by atoms with E-state index in [1.807, 2.05) is 0 Å². The molecule has 0 spiro atoms. The second-order valence-electron chi connectivity index (χ2n) is 10.2. The van der Waals surface area contributed by atoms with Gasteiger partial charge in [-0.15, -0.1) is 0 Å². The quantitative estimate of drug-likeness (QED) is 0.673. The van der Waals surface area contributed by atoms with Crippen LogP contribution in [0.1, 0.15) is 66.2 Å². The van der Waals surface area contributed by atoms with Gasteiger partial charge >= 0.3 is 0 Å². The van der Waals surface area contributed by atoms with Crippen molar-refractivity contribution in [3.63, 3.8) is 0 Å². The van der Waals surface area contributed by atoms with Crippen molar-refractivity contribution in [1.29, 1.82) is 0 Å². The number of ketones is 1. The van der Waals surface area contributed by atoms with E-state index in [1.54, 1.807) is 7.11 Å². The summed E-state index contributed by atoms with van der Waals surface area (Å²) in [6.45, 7) is 9.05. The Morgan fingerprint density at radius 1 is 1.14 bits per heavy atom. The Labute approximate surface area is 170 Å². The summed E-state index contributed by atoms with van der Waals surface area (Å²) in [6.07, 6.45) is 5.06. The van der Waals surface area contributed by atoms with Crippen LogP contribution in [0.5, 0.6) is 0 Å². The SMILES string of the molecule is CC[C@]1(C)C[C@@H](OCOC)[C@@]2(C)C3[C@H](CO)CC[C@@]3(CC[C@H]2CO)[C@H](C)C1=O. The molecule has 2 N–H and O–H groups in total. The maximum atomic E-state index is 13.8. The number of carbonyl (C=O) groups excluding carboxylic acids is 1. The fourth-order valence-corrected chi connectivity index (χ4v) is 7.53. The Kier molecular flexibility index (Phi) is 6.32. The van der Waals surface area contributed by atoms with E-state index in [9.17, 15) is 15.0 Å². The number of hydrogen-bond donors (Lipinski definition) is 2. The Morgan fingerprint density at radius 3 is 2.39 bits per heavy atom. The average molecular weight is 397 g/mol. The normalized spacial score (nSPS) is 48.8. The van der Waals surface area contributed by atoms with Crippen LogP contribution in [0.15, 0.2) is 0 Å². The number of carbonyl (C=O) groups is 1. The smallest absolute Gasteiger partial charge is 0.146 e. The van der Waals surface area contributed by atoms with Crippen molar-refractivity contribution in [3.8, 4) is 0 Å². The van der Waals surface area contributed by atoms with Crippen LogP contribution in [0.2, 0.25) is 0 Å². The van der Waals surface area contributed by atoms with E-state index in [1.165, 1.54) is 0 Å². The fourth-order valence-electron chi connectivity index (χ4n) is 7.53. The molecule has 3 rings (SSSR count). The first-order valence-corrected chi connectivity index (χ1v) is 11.1. The predicted octanol–water partition coefficient (Wildman–Crippen LogP) is 3.41. The van der Waals surface area contributed by atoms with Gasteiger partial charge in [-0.05, 0) is 61.7 Å². The van der Waals surface area contributed by atoms with Crippen LogP contribution < -0.4 is 0 Å². The van der Waals surface area contributed by atoms with Gasteiger partial charge in [0.1, 0.15) is 12.6 Å². The highest BCUT2D eigenvalue weighted by Gasteiger charge is 2.68. The van der Waals surface area contributed by atoms with E-state index >= 15 is 0 Å². The first-order chi connectivity index (χ1) is 13.2. The zero-order valence-corrected chi connectivity index (χ0v) is 18.4.